The van der Waals surface area contributed by atoms with Crippen molar-refractivity contribution in [2.45, 2.75) is 11.8 Å². The van der Waals surface area contributed by atoms with Gasteiger partial charge in [0.25, 0.3) is 6.43 Å². The van der Waals surface area contributed by atoms with Crippen LogP contribution in [0, 0.1) is 0 Å². The number of aromatic hydroxyl groups is 1. The van der Waals surface area contributed by atoms with E-state index in [9.17, 15) is 8.78 Å². The highest BCUT2D eigenvalue weighted by Gasteiger charge is 2.16. The summed E-state index contributed by atoms with van der Waals surface area (Å²) in [5, 5.41) is 9.34. The molecule has 0 saturated carbocycles. The van der Waals surface area contributed by atoms with Gasteiger partial charge < -0.3 is 5.11 Å². The van der Waals surface area contributed by atoms with E-state index in [1.54, 1.807) is 0 Å². The standard InChI is InChI=1S/C7H5Br2F2NO/c8-2-4-3(7(10)11)1-5(13)6(9)12-4/h1,7,13H,2H2. The molecule has 0 spiro atoms. The molecule has 0 aliphatic rings. The van der Waals surface area contributed by atoms with Gasteiger partial charge in [0.05, 0.1) is 5.69 Å². The molecule has 0 unspecified atom stereocenters. The average molecular weight is 317 g/mol. The van der Waals surface area contributed by atoms with Crippen LogP contribution in [0.2, 0.25) is 0 Å². The van der Waals surface area contributed by atoms with E-state index >= 15 is 0 Å². The number of rotatable bonds is 2. The molecule has 0 radical (unpaired) electrons. The summed E-state index contributed by atoms with van der Waals surface area (Å²) in [5.74, 6) is -0.278. The molecule has 1 rings (SSSR count). The Balaban J connectivity index is 3.25. The molecule has 13 heavy (non-hydrogen) atoms. The SMILES string of the molecule is Oc1cc(C(F)F)c(CBr)nc1Br. The van der Waals surface area contributed by atoms with E-state index in [1.165, 1.54) is 0 Å². The fraction of sp³-hybridized carbons (Fsp3) is 0.286. The molecule has 1 aromatic heterocycles. The number of pyridine rings is 1. The number of alkyl halides is 3. The molecule has 0 aromatic carbocycles. The molecule has 0 atom stereocenters. The topological polar surface area (TPSA) is 33.1 Å². The molecule has 1 N–H and O–H groups in total. The molecule has 1 aromatic rings. The number of hydrogen-bond donors (Lipinski definition) is 1. The monoisotopic (exact) mass is 315 g/mol. The zero-order chi connectivity index (χ0) is 10.0. The van der Waals surface area contributed by atoms with Gasteiger partial charge in [0.1, 0.15) is 10.4 Å². The Labute approximate surface area is 90.2 Å². The first kappa shape index (κ1) is 10.8. The molecule has 72 valence electrons. The smallest absolute Gasteiger partial charge is 0.265 e. The van der Waals surface area contributed by atoms with Crippen LogP contribution in [0.15, 0.2) is 10.7 Å². The summed E-state index contributed by atoms with van der Waals surface area (Å²) in [5.41, 5.74) is -0.0303. The van der Waals surface area contributed by atoms with Crippen LogP contribution in [0.4, 0.5) is 8.78 Å². The van der Waals surface area contributed by atoms with Gasteiger partial charge >= 0.3 is 0 Å². The van der Waals surface area contributed by atoms with Crippen LogP contribution < -0.4 is 0 Å². The van der Waals surface area contributed by atoms with Crippen LogP contribution in [0.25, 0.3) is 0 Å². The Hall–Kier alpha value is -0.230. The molecule has 0 fully saturated rings. The molecule has 0 amide bonds. The lowest BCUT2D eigenvalue weighted by atomic mass is 10.2. The van der Waals surface area contributed by atoms with Crippen molar-refractivity contribution in [3.8, 4) is 5.75 Å². The molecule has 0 aliphatic carbocycles. The van der Waals surface area contributed by atoms with Gasteiger partial charge in [-0.1, -0.05) is 15.9 Å². The highest BCUT2D eigenvalue weighted by molar-refractivity contribution is 9.10. The summed E-state index contributed by atoms with van der Waals surface area (Å²) in [4.78, 5) is 3.75. The van der Waals surface area contributed by atoms with E-state index < -0.39 is 6.43 Å². The average Bonchev–Trinajstić information content (AvgIpc) is 2.08. The van der Waals surface area contributed by atoms with Gasteiger partial charge in [-0.05, 0) is 22.0 Å². The zero-order valence-corrected chi connectivity index (χ0v) is 9.44. The first-order valence-corrected chi connectivity index (χ1v) is 5.20. The van der Waals surface area contributed by atoms with Crippen LogP contribution in [-0.4, -0.2) is 10.1 Å². The summed E-state index contributed by atoms with van der Waals surface area (Å²) >= 11 is 5.98. The normalized spacial score (nSPS) is 10.8. The highest BCUT2D eigenvalue weighted by atomic mass is 79.9. The van der Waals surface area contributed by atoms with Crippen molar-refractivity contribution in [1.82, 2.24) is 4.98 Å². The summed E-state index contributed by atoms with van der Waals surface area (Å²) < 4.78 is 24.9. The first-order valence-electron chi connectivity index (χ1n) is 3.28. The molecule has 0 aliphatic heterocycles. The maximum atomic E-state index is 12.3. The van der Waals surface area contributed by atoms with Gasteiger partial charge in [0.2, 0.25) is 0 Å². The summed E-state index contributed by atoms with van der Waals surface area (Å²) in [7, 11) is 0. The number of nitrogens with zero attached hydrogens (tertiary/aromatic N) is 1. The van der Waals surface area contributed by atoms with Crippen LogP contribution in [0.3, 0.4) is 0 Å². The van der Waals surface area contributed by atoms with Crippen molar-refractivity contribution in [2.24, 2.45) is 0 Å². The quantitative estimate of drug-likeness (QED) is 0.670. The van der Waals surface area contributed by atoms with E-state index in [0.717, 1.165) is 6.07 Å². The van der Waals surface area contributed by atoms with Crippen LogP contribution in [0.1, 0.15) is 17.7 Å². The van der Waals surface area contributed by atoms with E-state index in [1.807, 2.05) is 0 Å². The fourth-order valence-corrected chi connectivity index (χ4v) is 1.60. The van der Waals surface area contributed by atoms with E-state index in [-0.39, 0.29) is 26.9 Å². The van der Waals surface area contributed by atoms with Gasteiger partial charge in [-0.3, -0.25) is 0 Å². The maximum Gasteiger partial charge on any atom is 0.265 e. The van der Waals surface area contributed by atoms with Crippen LogP contribution >= 0.6 is 31.9 Å². The minimum Gasteiger partial charge on any atom is -0.505 e. The first-order chi connectivity index (χ1) is 6.06. The fourth-order valence-electron chi connectivity index (χ4n) is 0.826. The van der Waals surface area contributed by atoms with Crippen LogP contribution in [0.5, 0.6) is 5.75 Å². The second kappa shape index (κ2) is 4.32. The Bertz CT molecular complexity index is 320. The number of aromatic nitrogens is 1. The van der Waals surface area contributed by atoms with Crippen molar-refractivity contribution in [2.75, 3.05) is 0 Å². The van der Waals surface area contributed by atoms with Crippen LogP contribution in [-0.2, 0) is 5.33 Å². The Morgan fingerprint density at radius 1 is 1.54 bits per heavy atom. The number of halogens is 4. The third-order valence-corrected chi connectivity index (χ3v) is 2.55. The number of hydrogen-bond acceptors (Lipinski definition) is 2. The maximum absolute atomic E-state index is 12.3. The minimum absolute atomic E-state index is 0.173. The van der Waals surface area contributed by atoms with Gasteiger partial charge in [0, 0.05) is 10.9 Å². The third kappa shape index (κ3) is 2.37. The molecule has 0 bridgehead atoms. The van der Waals surface area contributed by atoms with E-state index in [0.29, 0.717) is 0 Å². The van der Waals surface area contributed by atoms with Crippen molar-refractivity contribution in [1.29, 1.82) is 0 Å². The zero-order valence-electron chi connectivity index (χ0n) is 6.27. The highest BCUT2D eigenvalue weighted by Crippen LogP contribution is 2.30. The molecule has 2 nitrogen and oxygen atoms in total. The lowest BCUT2D eigenvalue weighted by Crippen LogP contribution is -1.96. The van der Waals surface area contributed by atoms with Crippen molar-refractivity contribution < 1.29 is 13.9 Å². The predicted octanol–water partition coefficient (Wildman–Crippen LogP) is 3.38. The Morgan fingerprint density at radius 3 is 2.62 bits per heavy atom. The van der Waals surface area contributed by atoms with E-state index in [2.05, 4.69) is 36.8 Å². The Kier molecular flexibility index (Phi) is 3.61. The second-order valence-electron chi connectivity index (χ2n) is 2.27. The summed E-state index contributed by atoms with van der Waals surface area (Å²) in [6, 6.07) is 1.01. The lowest BCUT2D eigenvalue weighted by Gasteiger charge is -2.06. The van der Waals surface area contributed by atoms with Gasteiger partial charge in [-0.2, -0.15) is 0 Å². The van der Waals surface area contributed by atoms with Crippen molar-refractivity contribution in [3.63, 3.8) is 0 Å². The molecule has 0 saturated heterocycles. The van der Waals surface area contributed by atoms with Crippen molar-refractivity contribution >= 4 is 31.9 Å². The molecular weight excluding hydrogens is 312 g/mol. The summed E-state index contributed by atoms with van der Waals surface area (Å²) in [6.07, 6.45) is -2.63. The minimum atomic E-state index is -2.63. The molecular formula is C7H5Br2F2NO. The lowest BCUT2D eigenvalue weighted by molar-refractivity contribution is 0.149. The van der Waals surface area contributed by atoms with Gasteiger partial charge in [-0.25, -0.2) is 13.8 Å². The largest absolute Gasteiger partial charge is 0.505 e. The van der Waals surface area contributed by atoms with Gasteiger partial charge in [-0.15, -0.1) is 0 Å². The third-order valence-electron chi connectivity index (χ3n) is 1.43. The Morgan fingerprint density at radius 2 is 2.15 bits per heavy atom. The summed E-state index contributed by atoms with van der Waals surface area (Å²) in [6.45, 7) is 0. The second-order valence-corrected chi connectivity index (χ2v) is 3.58. The predicted molar refractivity (Wildman–Crippen MR) is 51.2 cm³/mol. The molecule has 1 heterocycles. The van der Waals surface area contributed by atoms with Crippen molar-refractivity contribution in [3.05, 3.63) is 21.9 Å². The van der Waals surface area contributed by atoms with Gasteiger partial charge in [0.15, 0.2) is 0 Å². The molecule has 6 heteroatoms. The van der Waals surface area contributed by atoms with E-state index in [4.69, 9.17) is 5.11 Å².